The summed E-state index contributed by atoms with van der Waals surface area (Å²) in [6.07, 6.45) is 0. The van der Waals surface area contributed by atoms with Crippen molar-refractivity contribution in [2.45, 2.75) is 6.92 Å². The van der Waals surface area contributed by atoms with Gasteiger partial charge >= 0.3 is 0 Å². The van der Waals surface area contributed by atoms with Crippen LogP contribution < -0.4 is 5.32 Å². The lowest BCUT2D eigenvalue weighted by Gasteiger charge is -2.07. The molecule has 0 aliphatic rings. The first-order chi connectivity index (χ1) is 8.47. The number of benzene rings is 1. The predicted octanol–water partition coefficient (Wildman–Crippen LogP) is 2.89. The Morgan fingerprint density at radius 1 is 1.39 bits per heavy atom. The Balaban J connectivity index is 2.29. The highest BCUT2D eigenvalue weighted by atomic mass is 127. The monoisotopic (exact) mass is 469 g/mol. The van der Waals surface area contributed by atoms with Crippen LogP contribution in [0.25, 0.3) is 0 Å². The number of phenols is 1. The van der Waals surface area contributed by atoms with Crippen molar-refractivity contribution in [2.24, 2.45) is 0 Å². The number of H-pyrrole nitrogens is 1. The number of carbonyl (C=O) groups is 1. The maximum absolute atomic E-state index is 12.0. The average Bonchev–Trinajstić information content (AvgIpc) is 2.69. The topological polar surface area (TPSA) is 78.0 Å². The highest BCUT2D eigenvalue weighted by molar-refractivity contribution is 14.1. The van der Waals surface area contributed by atoms with Crippen LogP contribution in [0.3, 0.4) is 0 Å². The lowest BCUT2D eigenvalue weighted by molar-refractivity contribution is 0.102. The van der Waals surface area contributed by atoms with E-state index in [1.54, 1.807) is 18.2 Å². The van der Waals surface area contributed by atoms with Crippen LogP contribution in [0.2, 0.25) is 0 Å². The van der Waals surface area contributed by atoms with E-state index in [9.17, 15) is 9.90 Å². The minimum atomic E-state index is -0.379. The third-order valence-electron chi connectivity index (χ3n) is 2.22. The van der Waals surface area contributed by atoms with Gasteiger partial charge in [-0.15, -0.1) is 0 Å². The highest BCUT2D eigenvalue weighted by Crippen LogP contribution is 2.27. The second kappa shape index (κ2) is 5.43. The summed E-state index contributed by atoms with van der Waals surface area (Å²) in [5.74, 6) is 0.0435. The Kier molecular flexibility index (Phi) is 4.10. The second-order valence-corrected chi connectivity index (χ2v) is 6.08. The first-order valence-electron chi connectivity index (χ1n) is 4.98. The van der Waals surface area contributed by atoms with Crippen LogP contribution in [0.1, 0.15) is 16.1 Å². The van der Waals surface area contributed by atoms with E-state index in [0.717, 1.165) is 9.26 Å². The number of phenolic OH excluding ortho intramolecular Hbond substituents is 1. The molecule has 7 heteroatoms. The lowest BCUT2D eigenvalue weighted by atomic mass is 10.2. The van der Waals surface area contributed by atoms with E-state index < -0.39 is 0 Å². The van der Waals surface area contributed by atoms with Gasteiger partial charge in [0.2, 0.25) is 0 Å². The van der Waals surface area contributed by atoms with Gasteiger partial charge in [-0.1, -0.05) is 0 Å². The van der Waals surface area contributed by atoms with Gasteiger partial charge in [0.25, 0.3) is 5.91 Å². The van der Waals surface area contributed by atoms with Crippen molar-refractivity contribution in [3.8, 4) is 5.75 Å². The molecule has 0 saturated heterocycles. The van der Waals surface area contributed by atoms with E-state index in [1.807, 2.05) is 29.5 Å². The van der Waals surface area contributed by atoms with Gasteiger partial charge in [-0.2, -0.15) is 5.10 Å². The standard InChI is InChI=1S/C11H9I2N3O2/c1-5-2-9(16-15-5)14-11(18)7-3-6(12)4-8(13)10(7)17/h2-4,17H,1H3,(H2,14,15,16,18). The number of aryl methyl sites for hydroxylation is 1. The molecular formula is C11H9I2N3O2. The largest absolute Gasteiger partial charge is 0.506 e. The number of hydrogen-bond donors (Lipinski definition) is 3. The molecule has 1 aromatic heterocycles. The van der Waals surface area contributed by atoms with Crippen molar-refractivity contribution in [1.82, 2.24) is 10.2 Å². The van der Waals surface area contributed by atoms with E-state index >= 15 is 0 Å². The molecule has 0 atom stereocenters. The van der Waals surface area contributed by atoms with Gasteiger partial charge < -0.3 is 10.4 Å². The van der Waals surface area contributed by atoms with Crippen molar-refractivity contribution in [3.63, 3.8) is 0 Å². The van der Waals surface area contributed by atoms with Crippen LogP contribution in [0, 0.1) is 14.1 Å². The van der Waals surface area contributed by atoms with E-state index in [4.69, 9.17) is 0 Å². The van der Waals surface area contributed by atoms with Crippen molar-refractivity contribution >= 4 is 56.9 Å². The Labute approximate surface area is 131 Å². The van der Waals surface area contributed by atoms with E-state index in [2.05, 4.69) is 38.1 Å². The molecule has 5 nitrogen and oxygen atoms in total. The quantitative estimate of drug-likeness (QED) is 0.593. The van der Waals surface area contributed by atoms with Gasteiger partial charge in [0, 0.05) is 15.3 Å². The third-order valence-corrected chi connectivity index (χ3v) is 3.67. The molecule has 0 aliphatic heterocycles. The van der Waals surface area contributed by atoms with Crippen molar-refractivity contribution < 1.29 is 9.90 Å². The summed E-state index contributed by atoms with van der Waals surface area (Å²) >= 11 is 4.09. The number of aromatic nitrogens is 2. The number of aromatic amines is 1. The Hall–Kier alpha value is -0.840. The fourth-order valence-electron chi connectivity index (χ4n) is 1.40. The summed E-state index contributed by atoms with van der Waals surface area (Å²) in [4.78, 5) is 12.0. The summed E-state index contributed by atoms with van der Waals surface area (Å²) in [5.41, 5.74) is 1.10. The molecule has 0 bridgehead atoms. The molecular weight excluding hydrogens is 460 g/mol. The molecule has 1 aromatic carbocycles. The molecule has 1 amide bonds. The first kappa shape index (κ1) is 13.6. The SMILES string of the molecule is Cc1cc(NC(=O)c2cc(I)cc(I)c2O)n[nH]1. The van der Waals surface area contributed by atoms with Crippen LogP contribution >= 0.6 is 45.2 Å². The minimum Gasteiger partial charge on any atom is -0.506 e. The molecule has 94 valence electrons. The predicted molar refractivity (Wildman–Crippen MR) is 84.8 cm³/mol. The zero-order valence-corrected chi connectivity index (χ0v) is 13.6. The van der Waals surface area contributed by atoms with Crippen LogP contribution in [0.5, 0.6) is 5.75 Å². The lowest BCUT2D eigenvalue weighted by Crippen LogP contribution is -2.13. The molecule has 0 aliphatic carbocycles. The maximum atomic E-state index is 12.0. The Morgan fingerprint density at radius 2 is 2.11 bits per heavy atom. The van der Waals surface area contributed by atoms with Crippen molar-refractivity contribution in [3.05, 3.63) is 36.6 Å². The number of halogens is 2. The molecule has 2 rings (SSSR count). The smallest absolute Gasteiger partial charge is 0.260 e. The summed E-state index contributed by atoms with van der Waals surface area (Å²) in [6, 6.07) is 5.15. The van der Waals surface area contributed by atoms with Crippen LogP contribution in [-0.4, -0.2) is 21.2 Å². The summed E-state index contributed by atoms with van der Waals surface area (Å²) in [6.45, 7) is 1.84. The average molecular weight is 469 g/mol. The number of aromatic hydroxyl groups is 1. The van der Waals surface area contributed by atoms with E-state index in [0.29, 0.717) is 9.39 Å². The minimum absolute atomic E-state index is 0.0132. The van der Waals surface area contributed by atoms with Crippen LogP contribution in [0.15, 0.2) is 18.2 Å². The zero-order valence-electron chi connectivity index (χ0n) is 9.29. The van der Waals surface area contributed by atoms with E-state index in [-0.39, 0.29) is 17.2 Å². The van der Waals surface area contributed by atoms with Crippen LogP contribution in [-0.2, 0) is 0 Å². The van der Waals surface area contributed by atoms with Crippen molar-refractivity contribution in [2.75, 3.05) is 5.32 Å². The second-order valence-electron chi connectivity index (χ2n) is 3.67. The van der Waals surface area contributed by atoms with Gasteiger partial charge in [-0.25, -0.2) is 0 Å². The molecule has 2 aromatic rings. The highest BCUT2D eigenvalue weighted by Gasteiger charge is 2.15. The number of amides is 1. The van der Waals surface area contributed by atoms with Gasteiger partial charge in [0.05, 0.1) is 9.13 Å². The van der Waals surface area contributed by atoms with Gasteiger partial charge in [0.15, 0.2) is 5.82 Å². The number of carbonyl (C=O) groups excluding carboxylic acids is 1. The Morgan fingerprint density at radius 3 is 2.72 bits per heavy atom. The first-order valence-corrected chi connectivity index (χ1v) is 7.14. The molecule has 0 saturated carbocycles. The summed E-state index contributed by atoms with van der Waals surface area (Å²) in [5, 5.41) is 19.1. The summed E-state index contributed by atoms with van der Waals surface area (Å²) < 4.78 is 1.53. The van der Waals surface area contributed by atoms with Crippen molar-refractivity contribution in [1.29, 1.82) is 0 Å². The Bertz CT molecular complexity index is 610. The molecule has 1 heterocycles. The van der Waals surface area contributed by atoms with E-state index in [1.165, 1.54) is 0 Å². The number of nitrogens with zero attached hydrogens (tertiary/aromatic N) is 1. The van der Waals surface area contributed by atoms with Gasteiger partial charge in [-0.05, 0) is 64.2 Å². The molecule has 0 fully saturated rings. The molecule has 3 N–H and O–H groups in total. The number of nitrogens with one attached hydrogen (secondary N) is 2. The normalized spacial score (nSPS) is 10.4. The molecule has 0 spiro atoms. The molecule has 0 radical (unpaired) electrons. The van der Waals surface area contributed by atoms with Crippen LogP contribution in [0.4, 0.5) is 5.82 Å². The number of rotatable bonds is 2. The van der Waals surface area contributed by atoms with Gasteiger partial charge in [-0.3, -0.25) is 9.89 Å². The third kappa shape index (κ3) is 2.94. The fourth-order valence-corrected chi connectivity index (χ4v) is 3.25. The maximum Gasteiger partial charge on any atom is 0.260 e. The number of hydrogen-bond acceptors (Lipinski definition) is 3. The summed E-state index contributed by atoms with van der Waals surface area (Å²) in [7, 11) is 0. The van der Waals surface area contributed by atoms with Gasteiger partial charge in [0.1, 0.15) is 5.75 Å². The molecule has 18 heavy (non-hydrogen) atoms. The zero-order chi connectivity index (χ0) is 13.3. The fraction of sp³-hybridized carbons (Fsp3) is 0.0909. The molecule has 0 unspecified atom stereocenters. The number of anilines is 1.